The minimum Gasteiger partial charge on any atom is -0.432 e. The van der Waals surface area contributed by atoms with Gasteiger partial charge in [-0.05, 0) is 13.8 Å². The van der Waals surface area contributed by atoms with Gasteiger partial charge in [-0.25, -0.2) is 0 Å². The molecule has 1 amide bonds. The lowest BCUT2D eigenvalue weighted by Crippen LogP contribution is -2.59. The summed E-state index contributed by atoms with van der Waals surface area (Å²) in [5.74, 6) is -0.255. The van der Waals surface area contributed by atoms with Crippen LogP contribution in [-0.4, -0.2) is 36.2 Å². The molecule has 0 aromatic carbocycles. The van der Waals surface area contributed by atoms with Crippen molar-refractivity contribution in [2.45, 2.75) is 19.4 Å². The number of amides is 1. The molecule has 2 heterocycles. The fourth-order valence-electron chi connectivity index (χ4n) is 1.39. The lowest BCUT2D eigenvalue weighted by molar-refractivity contribution is -0.130. The molecule has 1 aliphatic heterocycles. The average molecular weight is 225 g/mol. The summed E-state index contributed by atoms with van der Waals surface area (Å²) in [5.41, 5.74) is 0.510. The van der Waals surface area contributed by atoms with E-state index in [4.69, 9.17) is 9.15 Å². The van der Waals surface area contributed by atoms with E-state index in [-0.39, 0.29) is 24.1 Å². The second-order valence-corrected chi connectivity index (χ2v) is 4.18. The zero-order chi connectivity index (χ0) is 11.6. The predicted octanol–water partition coefficient (Wildman–Crippen LogP) is 0.300. The third-order valence-electron chi connectivity index (χ3n) is 2.41. The first-order valence-corrected chi connectivity index (χ1v) is 5.14. The first-order valence-electron chi connectivity index (χ1n) is 5.14. The van der Waals surface area contributed by atoms with Crippen molar-refractivity contribution in [1.82, 2.24) is 10.3 Å². The van der Waals surface area contributed by atoms with Gasteiger partial charge in [-0.15, -0.1) is 0 Å². The van der Waals surface area contributed by atoms with Gasteiger partial charge in [-0.2, -0.15) is 4.98 Å². The molecule has 6 nitrogen and oxygen atoms in total. The number of nitrogens with zero attached hydrogens (tertiary/aromatic N) is 1. The number of ether oxygens (including phenoxy) is 1. The number of aromatic nitrogens is 1. The first kappa shape index (κ1) is 11.1. The van der Waals surface area contributed by atoms with E-state index in [1.807, 2.05) is 6.92 Å². The van der Waals surface area contributed by atoms with Crippen LogP contribution in [0.2, 0.25) is 0 Å². The number of nitrogens with one attached hydrogen (secondary N) is 2. The van der Waals surface area contributed by atoms with Gasteiger partial charge in [-0.1, -0.05) is 0 Å². The van der Waals surface area contributed by atoms with Crippen LogP contribution in [0.4, 0.5) is 6.01 Å². The van der Waals surface area contributed by atoms with Crippen molar-refractivity contribution in [3.8, 4) is 0 Å². The van der Waals surface area contributed by atoms with Crippen molar-refractivity contribution in [2.24, 2.45) is 0 Å². The number of rotatable bonds is 4. The molecule has 88 valence electrons. The number of aryl methyl sites for hydroxylation is 1. The van der Waals surface area contributed by atoms with Crippen molar-refractivity contribution in [2.75, 3.05) is 25.0 Å². The van der Waals surface area contributed by atoms with Crippen LogP contribution < -0.4 is 10.6 Å². The monoisotopic (exact) mass is 225 g/mol. The highest BCUT2D eigenvalue weighted by atomic mass is 16.5. The molecule has 2 N–H and O–H groups in total. The van der Waals surface area contributed by atoms with Crippen molar-refractivity contribution < 1.29 is 13.9 Å². The lowest BCUT2D eigenvalue weighted by atomic mass is 10.0. The zero-order valence-corrected chi connectivity index (χ0v) is 9.37. The number of carbonyl (C=O) groups is 1. The van der Waals surface area contributed by atoms with E-state index in [1.54, 1.807) is 6.92 Å². The molecule has 0 saturated carbocycles. The van der Waals surface area contributed by atoms with Crippen LogP contribution in [0, 0.1) is 6.92 Å². The molecule has 0 bridgehead atoms. The predicted molar refractivity (Wildman–Crippen MR) is 57.1 cm³/mol. The number of hydrogen-bond donors (Lipinski definition) is 2. The van der Waals surface area contributed by atoms with Crippen LogP contribution >= 0.6 is 0 Å². The Morgan fingerprint density at radius 3 is 3.00 bits per heavy atom. The molecule has 16 heavy (non-hydrogen) atoms. The number of anilines is 1. The summed E-state index contributed by atoms with van der Waals surface area (Å²) in [5, 5.41) is 5.61. The Bertz CT molecular complexity index is 384. The minimum absolute atomic E-state index is 0.0135. The van der Waals surface area contributed by atoms with Crippen LogP contribution in [-0.2, 0) is 9.53 Å². The van der Waals surface area contributed by atoms with Crippen molar-refractivity contribution >= 4 is 11.9 Å². The third kappa shape index (κ3) is 2.59. The Labute approximate surface area is 93.4 Å². The van der Waals surface area contributed by atoms with Crippen LogP contribution in [0.1, 0.15) is 12.6 Å². The molecule has 6 heteroatoms. The quantitative estimate of drug-likeness (QED) is 0.770. The van der Waals surface area contributed by atoms with Gasteiger partial charge in [0.1, 0.15) is 12.9 Å². The van der Waals surface area contributed by atoms with Gasteiger partial charge < -0.3 is 14.5 Å². The number of hydrogen-bond acceptors (Lipinski definition) is 5. The molecule has 1 saturated heterocycles. The normalized spacial score (nSPS) is 17.9. The lowest BCUT2D eigenvalue weighted by Gasteiger charge is -2.38. The number of carbonyl (C=O) groups excluding carboxylic acids is 1. The SMILES string of the molecule is Cc1coc(NC(=O)COC2(C)CNC2)n1. The largest absolute Gasteiger partial charge is 0.432 e. The van der Waals surface area contributed by atoms with Gasteiger partial charge in [-0.3, -0.25) is 10.1 Å². The summed E-state index contributed by atoms with van der Waals surface area (Å²) in [6.07, 6.45) is 1.48. The van der Waals surface area contributed by atoms with E-state index in [2.05, 4.69) is 15.6 Å². The summed E-state index contributed by atoms with van der Waals surface area (Å²) >= 11 is 0. The Morgan fingerprint density at radius 2 is 2.50 bits per heavy atom. The molecule has 0 radical (unpaired) electrons. The Kier molecular flexibility index (Phi) is 2.93. The van der Waals surface area contributed by atoms with Gasteiger partial charge in [0.2, 0.25) is 0 Å². The molecule has 1 aromatic rings. The highest BCUT2D eigenvalue weighted by Gasteiger charge is 2.33. The maximum absolute atomic E-state index is 11.5. The molecule has 0 unspecified atom stereocenters. The fraction of sp³-hybridized carbons (Fsp3) is 0.600. The molecule has 0 aliphatic carbocycles. The van der Waals surface area contributed by atoms with Gasteiger partial charge in [0.15, 0.2) is 0 Å². The minimum atomic E-state index is -0.255. The highest BCUT2D eigenvalue weighted by molar-refractivity contribution is 5.89. The Hall–Kier alpha value is -1.40. The maximum atomic E-state index is 11.5. The maximum Gasteiger partial charge on any atom is 0.301 e. The summed E-state index contributed by atoms with van der Waals surface area (Å²) in [6.45, 7) is 5.32. The van der Waals surface area contributed by atoms with Gasteiger partial charge >= 0.3 is 6.01 Å². The second kappa shape index (κ2) is 4.23. The van der Waals surface area contributed by atoms with E-state index in [9.17, 15) is 4.79 Å². The van der Waals surface area contributed by atoms with E-state index in [1.165, 1.54) is 6.26 Å². The smallest absolute Gasteiger partial charge is 0.301 e. The first-order chi connectivity index (χ1) is 7.57. The second-order valence-electron chi connectivity index (χ2n) is 4.18. The molecular weight excluding hydrogens is 210 g/mol. The van der Waals surface area contributed by atoms with E-state index in [0.717, 1.165) is 18.8 Å². The van der Waals surface area contributed by atoms with Crippen LogP contribution in [0.3, 0.4) is 0 Å². The van der Waals surface area contributed by atoms with E-state index < -0.39 is 0 Å². The molecule has 1 aromatic heterocycles. The van der Waals surface area contributed by atoms with Crippen molar-refractivity contribution in [1.29, 1.82) is 0 Å². The van der Waals surface area contributed by atoms with Crippen LogP contribution in [0.15, 0.2) is 10.7 Å². The topological polar surface area (TPSA) is 76.4 Å². The summed E-state index contributed by atoms with van der Waals surface area (Å²) in [7, 11) is 0. The summed E-state index contributed by atoms with van der Waals surface area (Å²) in [6, 6.07) is 0.211. The van der Waals surface area contributed by atoms with E-state index in [0.29, 0.717) is 0 Å². The standard InChI is InChI=1S/C10H15N3O3/c1-7-3-15-9(12-7)13-8(14)4-16-10(2)5-11-6-10/h3,11H,4-6H2,1-2H3,(H,12,13,14). The van der Waals surface area contributed by atoms with Gasteiger partial charge in [0.05, 0.1) is 11.3 Å². The zero-order valence-electron chi connectivity index (χ0n) is 9.37. The average Bonchev–Trinajstić information content (AvgIpc) is 2.58. The molecular formula is C10H15N3O3. The molecule has 1 fully saturated rings. The van der Waals surface area contributed by atoms with Crippen molar-refractivity contribution in [3.05, 3.63) is 12.0 Å². The Balaban J connectivity index is 1.76. The van der Waals surface area contributed by atoms with Gasteiger partial charge in [0, 0.05) is 13.1 Å². The fourth-order valence-corrected chi connectivity index (χ4v) is 1.39. The summed E-state index contributed by atoms with van der Waals surface area (Å²) < 4.78 is 10.5. The molecule has 1 aliphatic rings. The molecule has 0 atom stereocenters. The van der Waals surface area contributed by atoms with Crippen molar-refractivity contribution in [3.63, 3.8) is 0 Å². The summed E-state index contributed by atoms with van der Waals surface area (Å²) in [4.78, 5) is 15.4. The molecule has 2 rings (SSSR count). The van der Waals surface area contributed by atoms with Crippen LogP contribution in [0.25, 0.3) is 0 Å². The van der Waals surface area contributed by atoms with Crippen LogP contribution in [0.5, 0.6) is 0 Å². The van der Waals surface area contributed by atoms with E-state index >= 15 is 0 Å². The van der Waals surface area contributed by atoms with Gasteiger partial charge in [0.25, 0.3) is 5.91 Å². The Morgan fingerprint density at radius 1 is 1.75 bits per heavy atom. The highest BCUT2D eigenvalue weighted by Crippen LogP contribution is 2.15. The molecule has 0 spiro atoms. The number of oxazole rings is 1. The third-order valence-corrected chi connectivity index (χ3v) is 2.41.